The highest BCUT2D eigenvalue weighted by atomic mass is 16.5. The average molecular weight is 129 g/mol. The van der Waals surface area contributed by atoms with Crippen molar-refractivity contribution >= 4 is 0 Å². The zero-order valence-corrected chi connectivity index (χ0v) is 6.18. The van der Waals surface area contributed by atoms with Gasteiger partial charge in [0.2, 0.25) is 0 Å². The summed E-state index contributed by atoms with van der Waals surface area (Å²) in [6.45, 7) is 4.45. The van der Waals surface area contributed by atoms with Gasteiger partial charge in [0, 0.05) is 13.7 Å². The number of ether oxygens (including phenoxy) is 1. The molecule has 2 unspecified atom stereocenters. The van der Waals surface area contributed by atoms with Crippen molar-refractivity contribution in [2.45, 2.75) is 19.4 Å². The Kier molecular flexibility index (Phi) is 2.49. The van der Waals surface area contributed by atoms with Gasteiger partial charge in [0.1, 0.15) is 0 Å². The Bertz CT molecular complexity index is 85.0. The molecule has 1 heterocycles. The number of piperidine rings is 1. The first-order chi connectivity index (χ1) is 4.34. The first kappa shape index (κ1) is 7.03. The minimum Gasteiger partial charge on any atom is -0.381 e. The second-order valence-corrected chi connectivity index (χ2v) is 2.74. The van der Waals surface area contributed by atoms with E-state index in [9.17, 15) is 0 Å². The molecule has 2 atom stereocenters. The Morgan fingerprint density at radius 3 is 2.78 bits per heavy atom. The molecule has 0 spiro atoms. The number of hydrogen-bond acceptors (Lipinski definition) is 2. The van der Waals surface area contributed by atoms with E-state index in [0.717, 1.165) is 19.5 Å². The molecule has 1 saturated heterocycles. The summed E-state index contributed by atoms with van der Waals surface area (Å²) in [7, 11) is 1.80. The Balaban J connectivity index is 2.30. The van der Waals surface area contributed by atoms with E-state index in [1.54, 1.807) is 7.11 Å². The molecule has 0 bridgehead atoms. The van der Waals surface area contributed by atoms with Gasteiger partial charge < -0.3 is 10.1 Å². The summed E-state index contributed by atoms with van der Waals surface area (Å²) in [5, 5.41) is 3.32. The van der Waals surface area contributed by atoms with Crippen LogP contribution in [0.4, 0.5) is 0 Å². The van der Waals surface area contributed by atoms with Crippen LogP contribution in [0.3, 0.4) is 0 Å². The van der Waals surface area contributed by atoms with Crippen LogP contribution in [0, 0.1) is 5.92 Å². The predicted octanol–water partition coefficient (Wildman–Crippen LogP) is 0.631. The maximum absolute atomic E-state index is 5.26. The second-order valence-electron chi connectivity index (χ2n) is 2.74. The fraction of sp³-hybridized carbons (Fsp3) is 1.00. The smallest absolute Gasteiger partial charge is 0.0621 e. The van der Waals surface area contributed by atoms with Gasteiger partial charge in [-0.1, -0.05) is 6.92 Å². The molecule has 0 aromatic heterocycles. The molecule has 0 saturated carbocycles. The van der Waals surface area contributed by atoms with Crippen LogP contribution in [0.25, 0.3) is 0 Å². The molecule has 0 aromatic carbocycles. The Labute approximate surface area is 56.6 Å². The highest BCUT2D eigenvalue weighted by molar-refractivity contribution is 4.74. The van der Waals surface area contributed by atoms with E-state index in [2.05, 4.69) is 12.2 Å². The molecule has 0 radical (unpaired) electrons. The molecule has 2 heteroatoms. The highest BCUT2D eigenvalue weighted by Gasteiger charge is 2.19. The molecule has 1 aliphatic heterocycles. The molecule has 1 fully saturated rings. The predicted molar refractivity (Wildman–Crippen MR) is 37.4 cm³/mol. The van der Waals surface area contributed by atoms with Crippen molar-refractivity contribution in [1.29, 1.82) is 0 Å². The summed E-state index contributed by atoms with van der Waals surface area (Å²) in [5.41, 5.74) is 0. The summed E-state index contributed by atoms with van der Waals surface area (Å²) in [5.74, 6) is 0.684. The van der Waals surface area contributed by atoms with Crippen LogP contribution in [0.1, 0.15) is 13.3 Å². The molecule has 0 amide bonds. The fourth-order valence-electron chi connectivity index (χ4n) is 1.34. The van der Waals surface area contributed by atoms with Crippen molar-refractivity contribution in [3.8, 4) is 0 Å². The van der Waals surface area contributed by atoms with E-state index in [4.69, 9.17) is 4.74 Å². The van der Waals surface area contributed by atoms with E-state index < -0.39 is 0 Å². The van der Waals surface area contributed by atoms with Crippen molar-refractivity contribution in [3.63, 3.8) is 0 Å². The SMILES string of the molecule is COC1CCNCC1C. The molecule has 0 aromatic rings. The van der Waals surface area contributed by atoms with E-state index in [0.29, 0.717) is 12.0 Å². The first-order valence-corrected chi connectivity index (χ1v) is 3.58. The van der Waals surface area contributed by atoms with Crippen LogP contribution in [-0.4, -0.2) is 26.3 Å². The minimum atomic E-state index is 0.492. The lowest BCUT2D eigenvalue weighted by atomic mass is 9.98. The van der Waals surface area contributed by atoms with Crippen LogP contribution in [0.15, 0.2) is 0 Å². The van der Waals surface area contributed by atoms with E-state index in [1.807, 2.05) is 0 Å². The average Bonchev–Trinajstić information content (AvgIpc) is 1.89. The third-order valence-electron chi connectivity index (χ3n) is 2.01. The molecule has 1 N–H and O–H groups in total. The number of rotatable bonds is 1. The zero-order chi connectivity index (χ0) is 6.69. The van der Waals surface area contributed by atoms with Crippen LogP contribution in [0.2, 0.25) is 0 Å². The van der Waals surface area contributed by atoms with Crippen LogP contribution >= 0.6 is 0 Å². The van der Waals surface area contributed by atoms with Crippen LogP contribution in [-0.2, 0) is 4.74 Å². The summed E-state index contributed by atoms with van der Waals surface area (Å²) in [6.07, 6.45) is 1.66. The van der Waals surface area contributed by atoms with E-state index >= 15 is 0 Å². The maximum atomic E-state index is 5.26. The van der Waals surface area contributed by atoms with Gasteiger partial charge in [-0.05, 0) is 18.9 Å². The van der Waals surface area contributed by atoms with Gasteiger partial charge in [-0.2, -0.15) is 0 Å². The number of hydrogen-bond donors (Lipinski definition) is 1. The Hall–Kier alpha value is -0.0800. The van der Waals surface area contributed by atoms with Gasteiger partial charge in [0.25, 0.3) is 0 Å². The molecule has 9 heavy (non-hydrogen) atoms. The van der Waals surface area contributed by atoms with Crippen LogP contribution < -0.4 is 5.32 Å². The number of nitrogens with one attached hydrogen (secondary N) is 1. The standard InChI is InChI=1S/C7H15NO/c1-6-5-8-4-3-7(6)9-2/h6-8H,3-5H2,1-2H3. The number of methoxy groups -OCH3 is 1. The first-order valence-electron chi connectivity index (χ1n) is 3.58. The third-order valence-corrected chi connectivity index (χ3v) is 2.01. The van der Waals surface area contributed by atoms with Crippen LogP contribution in [0.5, 0.6) is 0 Å². The third kappa shape index (κ3) is 1.66. The molecule has 1 aliphatic rings. The lowest BCUT2D eigenvalue weighted by molar-refractivity contribution is 0.0380. The quantitative estimate of drug-likeness (QED) is 0.560. The normalized spacial score (nSPS) is 36.7. The molecular weight excluding hydrogens is 114 g/mol. The fourth-order valence-corrected chi connectivity index (χ4v) is 1.34. The van der Waals surface area contributed by atoms with Gasteiger partial charge in [0.15, 0.2) is 0 Å². The summed E-state index contributed by atoms with van der Waals surface area (Å²) in [4.78, 5) is 0. The van der Waals surface area contributed by atoms with Gasteiger partial charge in [0.05, 0.1) is 6.10 Å². The monoisotopic (exact) mass is 129 g/mol. The summed E-state index contributed by atoms with van der Waals surface area (Å²) >= 11 is 0. The lowest BCUT2D eigenvalue weighted by Gasteiger charge is -2.27. The van der Waals surface area contributed by atoms with Crippen molar-refractivity contribution in [2.24, 2.45) is 5.92 Å². The van der Waals surface area contributed by atoms with Crippen molar-refractivity contribution in [3.05, 3.63) is 0 Å². The summed E-state index contributed by atoms with van der Waals surface area (Å²) < 4.78 is 5.26. The molecule has 2 nitrogen and oxygen atoms in total. The van der Waals surface area contributed by atoms with Gasteiger partial charge in [-0.25, -0.2) is 0 Å². The van der Waals surface area contributed by atoms with E-state index in [-0.39, 0.29) is 0 Å². The second kappa shape index (κ2) is 3.18. The van der Waals surface area contributed by atoms with Gasteiger partial charge >= 0.3 is 0 Å². The minimum absolute atomic E-state index is 0.492. The van der Waals surface area contributed by atoms with Crippen molar-refractivity contribution < 1.29 is 4.74 Å². The molecule has 1 rings (SSSR count). The van der Waals surface area contributed by atoms with Crippen molar-refractivity contribution in [1.82, 2.24) is 5.32 Å². The van der Waals surface area contributed by atoms with Gasteiger partial charge in [-0.15, -0.1) is 0 Å². The zero-order valence-electron chi connectivity index (χ0n) is 6.18. The van der Waals surface area contributed by atoms with Crippen molar-refractivity contribution in [2.75, 3.05) is 20.2 Å². The highest BCUT2D eigenvalue weighted by Crippen LogP contribution is 2.12. The molecule has 54 valence electrons. The topological polar surface area (TPSA) is 21.3 Å². The Morgan fingerprint density at radius 2 is 2.33 bits per heavy atom. The molecule has 0 aliphatic carbocycles. The molecular formula is C7H15NO. The summed E-state index contributed by atoms with van der Waals surface area (Å²) in [6, 6.07) is 0. The van der Waals surface area contributed by atoms with E-state index in [1.165, 1.54) is 0 Å². The Morgan fingerprint density at radius 1 is 1.56 bits per heavy atom. The lowest BCUT2D eigenvalue weighted by Crippen LogP contribution is -2.39. The van der Waals surface area contributed by atoms with Gasteiger partial charge in [-0.3, -0.25) is 0 Å². The maximum Gasteiger partial charge on any atom is 0.0621 e. The largest absolute Gasteiger partial charge is 0.381 e.